The molecule has 0 spiro atoms. The summed E-state index contributed by atoms with van der Waals surface area (Å²) in [6, 6.07) is 9.75. The van der Waals surface area contributed by atoms with Crippen LogP contribution in [0.2, 0.25) is 0 Å². The molecule has 0 aliphatic carbocycles. The number of amides is 2. The first-order valence-electron chi connectivity index (χ1n) is 11.8. The van der Waals surface area contributed by atoms with Gasteiger partial charge in [-0.15, -0.1) is 0 Å². The number of sulfonamides is 1. The Morgan fingerprint density at radius 3 is 2.53 bits per heavy atom. The van der Waals surface area contributed by atoms with Gasteiger partial charge in [-0.1, -0.05) is 36.3 Å². The molecule has 2 N–H and O–H groups in total. The molecule has 2 heterocycles. The van der Waals surface area contributed by atoms with Gasteiger partial charge in [0, 0.05) is 35.6 Å². The molecule has 1 aromatic heterocycles. The Bertz CT molecular complexity index is 1380. The van der Waals surface area contributed by atoms with Crippen LogP contribution in [-0.4, -0.2) is 56.2 Å². The summed E-state index contributed by atoms with van der Waals surface area (Å²) in [7, 11) is -3.89. The highest BCUT2D eigenvalue weighted by Crippen LogP contribution is 2.31. The van der Waals surface area contributed by atoms with Gasteiger partial charge < -0.3 is 19.5 Å². The van der Waals surface area contributed by atoms with E-state index in [2.05, 4.69) is 15.2 Å². The lowest BCUT2D eigenvalue weighted by Gasteiger charge is -2.36. The minimum Gasteiger partial charge on any atom is -0.450 e. The Kier molecular flexibility index (Phi) is 7.32. The second-order valence-corrected chi connectivity index (χ2v) is 10.6. The Hall–Kier alpha value is -3.44. The number of hydrogen-bond acceptors (Lipinski definition) is 7. The quantitative estimate of drug-likeness (QED) is 0.511. The maximum absolute atomic E-state index is 13.5. The first-order valence-corrected chi connectivity index (χ1v) is 13.3. The first-order chi connectivity index (χ1) is 17.1. The number of benzene rings is 2. The number of aromatic nitrogens is 1. The van der Waals surface area contributed by atoms with Crippen molar-refractivity contribution >= 4 is 38.5 Å². The average Bonchev–Trinajstić information content (AvgIpc) is 3.18. The normalized spacial score (nSPS) is 18.3. The van der Waals surface area contributed by atoms with Crippen molar-refractivity contribution in [1.29, 1.82) is 0 Å². The molecule has 36 heavy (non-hydrogen) atoms. The molecule has 1 aliphatic rings. The number of nitrogens with one attached hydrogen (secondary N) is 2. The fraction of sp³-hybridized carbons (Fsp3) is 0.400. The van der Waals surface area contributed by atoms with Gasteiger partial charge in [-0.25, -0.2) is 17.9 Å². The molecule has 1 aliphatic heterocycles. The maximum Gasteiger partial charge on any atom is 0.409 e. The van der Waals surface area contributed by atoms with Gasteiger partial charge in [-0.2, -0.15) is 0 Å². The fourth-order valence-corrected chi connectivity index (χ4v) is 6.16. The van der Waals surface area contributed by atoms with E-state index in [-0.39, 0.29) is 28.9 Å². The second-order valence-electron chi connectivity index (χ2n) is 8.95. The summed E-state index contributed by atoms with van der Waals surface area (Å²) in [5, 5.41) is 7.75. The molecule has 1 saturated heterocycles. The van der Waals surface area contributed by atoms with Crippen LogP contribution in [0.3, 0.4) is 0 Å². The van der Waals surface area contributed by atoms with Gasteiger partial charge >= 0.3 is 6.09 Å². The van der Waals surface area contributed by atoms with E-state index in [1.165, 1.54) is 6.07 Å². The number of carbonyl (C=O) groups excluding carboxylic acids is 2. The lowest BCUT2D eigenvalue weighted by molar-refractivity contribution is 0.0846. The maximum atomic E-state index is 13.5. The minimum atomic E-state index is -3.89. The molecule has 192 valence electrons. The third kappa shape index (κ3) is 5.07. The van der Waals surface area contributed by atoms with Crippen LogP contribution in [0, 0.1) is 19.8 Å². The van der Waals surface area contributed by atoms with E-state index in [0.717, 1.165) is 0 Å². The Balaban J connectivity index is 1.58. The number of hydrogen-bond donors (Lipinski definition) is 2. The molecule has 3 aromatic rings. The molecule has 2 aromatic carbocycles. The Labute approximate surface area is 210 Å². The summed E-state index contributed by atoms with van der Waals surface area (Å²) in [5.74, 6) is -0.0778. The zero-order valence-electron chi connectivity index (χ0n) is 20.7. The molecule has 2 atom stereocenters. The number of anilines is 1. The molecule has 0 radical (unpaired) electrons. The van der Waals surface area contributed by atoms with Crippen LogP contribution < -0.4 is 10.0 Å². The van der Waals surface area contributed by atoms with Gasteiger partial charge in [0.15, 0.2) is 0 Å². The van der Waals surface area contributed by atoms with E-state index < -0.39 is 10.0 Å². The predicted molar refractivity (Wildman–Crippen MR) is 134 cm³/mol. The van der Waals surface area contributed by atoms with Crippen LogP contribution in [0.1, 0.15) is 42.1 Å². The third-order valence-corrected chi connectivity index (χ3v) is 7.97. The summed E-state index contributed by atoms with van der Waals surface area (Å²) >= 11 is 0. The van der Waals surface area contributed by atoms with Crippen molar-refractivity contribution in [1.82, 2.24) is 14.8 Å². The van der Waals surface area contributed by atoms with Crippen molar-refractivity contribution < 1.29 is 27.3 Å². The van der Waals surface area contributed by atoms with E-state index in [4.69, 9.17) is 9.26 Å². The lowest BCUT2D eigenvalue weighted by Crippen LogP contribution is -2.51. The van der Waals surface area contributed by atoms with E-state index in [9.17, 15) is 18.0 Å². The van der Waals surface area contributed by atoms with E-state index in [1.54, 1.807) is 56.0 Å². The molecule has 0 bridgehead atoms. The van der Waals surface area contributed by atoms with Crippen molar-refractivity contribution in [3.8, 4) is 0 Å². The highest BCUT2D eigenvalue weighted by atomic mass is 32.2. The lowest BCUT2D eigenvalue weighted by atomic mass is 9.95. The van der Waals surface area contributed by atoms with E-state index in [1.807, 2.05) is 6.92 Å². The molecular formula is C25H30N4O6S. The third-order valence-electron chi connectivity index (χ3n) is 6.42. The van der Waals surface area contributed by atoms with Crippen molar-refractivity contribution in [2.24, 2.45) is 5.92 Å². The number of aryl methyl sites for hydroxylation is 2. The Morgan fingerprint density at radius 1 is 1.17 bits per heavy atom. The number of ether oxygens (including phenoxy) is 1. The Morgan fingerprint density at radius 2 is 1.89 bits per heavy atom. The molecule has 4 rings (SSSR count). The number of nitrogens with zero attached hydrogens (tertiary/aromatic N) is 2. The molecule has 1 fully saturated rings. The molecule has 11 heteroatoms. The smallest absolute Gasteiger partial charge is 0.409 e. The highest BCUT2D eigenvalue weighted by molar-refractivity contribution is 7.89. The van der Waals surface area contributed by atoms with Crippen LogP contribution in [0.4, 0.5) is 10.5 Å². The molecule has 0 saturated carbocycles. The van der Waals surface area contributed by atoms with Crippen molar-refractivity contribution in [3.05, 3.63) is 53.4 Å². The number of carbonyl (C=O) groups is 2. The van der Waals surface area contributed by atoms with Crippen LogP contribution in [0.5, 0.6) is 0 Å². The summed E-state index contributed by atoms with van der Waals surface area (Å²) in [4.78, 5) is 26.6. The zero-order chi connectivity index (χ0) is 26.0. The SMILES string of the molecule is CCOC(=O)N1CCC(NS(=O)(=O)c2ccc(NC(=O)c3c(C)noc3C)c3ccccc23)C(C)C1. The number of piperidine rings is 1. The van der Waals surface area contributed by atoms with Gasteiger partial charge in [0.05, 0.1) is 17.2 Å². The molecule has 2 unspecified atom stereocenters. The summed E-state index contributed by atoms with van der Waals surface area (Å²) in [6.45, 7) is 8.10. The van der Waals surface area contributed by atoms with Crippen LogP contribution in [0.25, 0.3) is 10.8 Å². The monoisotopic (exact) mass is 514 g/mol. The second kappa shape index (κ2) is 10.3. The van der Waals surface area contributed by atoms with Gasteiger partial charge in [-0.3, -0.25) is 4.79 Å². The van der Waals surface area contributed by atoms with Gasteiger partial charge in [0.2, 0.25) is 10.0 Å². The van der Waals surface area contributed by atoms with Crippen LogP contribution in [-0.2, 0) is 14.8 Å². The van der Waals surface area contributed by atoms with Crippen molar-refractivity contribution in [2.45, 2.75) is 45.1 Å². The van der Waals surface area contributed by atoms with Crippen LogP contribution >= 0.6 is 0 Å². The van der Waals surface area contributed by atoms with Gasteiger partial charge in [-0.05, 0) is 45.2 Å². The highest BCUT2D eigenvalue weighted by Gasteiger charge is 2.33. The van der Waals surface area contributed by atoms with Crippen molar-refractivity contribution in [2.75, 3.05) is 25.0 Å². The summed E-state index contributed by atoms with van der Waals surface area (Å²) in [6.07, 6.45) is 0.0915. The topological polar surface area (TPSA) is 131 Å². The fourth-order valence-electron chi connectivity index (χ4n) is 4.57. The largest absolute Gasteiger partial charge is 0.450 e. The van der Waals surface area contributed by atoms with Crippen LogP contribution in [0.15, 0.2) is 45.8 Å². The number of likely N-dealkylation sites (tertiary alicyclic amines) is 1. The summed E-state index contributed by atoms with van der Waals surface area (Å²) < 4.78 is 39.9. The van der Waals surface area contributed by atoms with Gasteiger partial charge in [0.25, 0.3) is 5.91 Å². The van der Waals surface area contributed by atoms with Crippen molar-refractivity contribution in [3.63, 3.8) is 0 Å². The average molecular weight is 515 g/mol. The predicted octanol–water partition coefficient (Wildman–Crippen LogP) is 3.84. The zero-order valence-corrected chi connectivity index (χ0v) is 21.5. The van der Waals surface area contributed by atoms with Gasteiger partial charge in [0.1, 0.15) is 11.3 Å². The standard InChI is InChI=1S/C25H30N4O6S/c1-5-34-25(31)29-13-12-20(15(2)14-29)28-36(32,33)22-11-10-21(18-8-6-7-9-19(18)22)26-24(30)23-16(3)27-35-17(23)4/h6-11,15,20,28H,5,12-14H2,1-4H3,(H,26,30). The molecule has 2 amide bonds. The number of fused-ring (bicyclic) bond motifs is 1. The van der Waals surface area contributed by atoms with E-state index >= 15 is 0 Å². The minimum absolute atomic E-state index is 0.0993. The molecular weight excluding hydrogens is 484 g/mol. The molecule has 10 nitrogen and oxygen atoms in total. The first kappa shape index (κ1) is 25.6. The summed E-state index contributed by atoms with van der Waals surface area (Å²) in [5.41, 5.74) is 1.30. The number of rotatable bonds is 6. The van der Waals surface area contributed by atoms with E-state index in [0.29, 0.717) is 59.6 Å².